The molecule has 3 aromatic carbocycles. The van der Waals surface area contributed by atoms with Crippen molar-refractivity contribution < 1.29 is 17.9 Å². The highest BCUT2D eigenvalue weighted by molar-refractivity contribution is 7.89. The predicted octanol–water partition coefficient (Wildman–Crippen LogP) is 3.73. The number of sulfone groups is 1. The van der Waals surface area contributed by atoms with Gasteiger partial charge < -0.3 is 9.47 Å². The zero-order valence-electron chi connectivity index (χ0n) is 13.6. The van der Waals surface area contributed by atoms with Crippen molar-refractivity contribution in [2.75, 3.05) is 13.2 Å². The second kappa shape index (κ2) is 6.41. The molecule has 25 heavy (non-hydrogen) atoms. The molecule has 1 heterocycles. The van der Waals surface area contributed by atoms with Gasteiger partial charge in [0.25, 0.3) is 0 Å². The average Bonchev–Trinajstić information content (AvgIpc) is 2.62. The fourth-order valence-electron chi connectivity index (χ4n) is 3.19. The van der Waals surface area contributed by atoms with Crippen molar-refractivity contribution >= 4 is 20.6 Å². The lowest BCUT2D eigenvalue weighted by molar-refractivity contribution is 0.170. The Bertz CT molecular complexity index is 1020. The first-order chi connectivity index (χ1) is 12.1. The summed E-state index contributed by atoms with van der Waals surface area (Å²) in [6.45, 7) is 0.923. The standard InChI is InChI=1S/C20H18O4S/c21-25(22,13-16-7-3-6-15-5-1-2-9-18(15)16)14-17-8-4-10-19-20(17)24-12-11-23-19/h1-10H,11-14H2. The van der Waals surface area contributed by atoms with E-state index in [1.165, 1.54) is 0 Å². The van der Waals surface area contributed by atoms with Gasteiger partial charge in [0.2, 0.25) is 0 Å². The largest absolute Gasteiger partial charge is 0.486 e. The fraction of sp³-hybridized carbons (Fsp3) is 0.200. The molecule has 0 radical (unpaired) electrons. The Hall–Kier alpha value is -2.53. The summed E-state index contributed by atoms with van der Waals surface area (Å²) in [5.74, 6) is 1.10. The van der Waals surface area contributed by atoms with E-state index in [0.717, 1.165) is 16.3 Å². The number of hydrogen-bond acceptors (Lipinski definition) is 4. The molecule has 0 atom stereocenters. The first-order valence-corrected chi connectivity index (χ1v) is 9.99. The van der Waals surface area contributed by atoms with E-state index in [1.54, 1.807) is 18.2 Å². The molecule has 0 amide bonds. The molecular formula is C20H18O4S. The SMILES string of the molecule is O=S(=O)(Cc1cccc2c1OCCO2)Cc1cccc2ccccc12. The summed E-state index contributed by atoms with van der Waals surface area (Å²) in [6, 6.07) is 19.0. The molecule has 0 N–H and O–H groups in total. The number of ether oxygens (including phenoxy) is 2. The molecule has 128 valence electrons. The van der Waals surface area contributed by atoms with Crippen LogP contribution in [-0.4, -0.2) is 21.6 Å². The minimum atomic E-state index is -3.35. The molecule has 1 aliphatic heterocycles. The van der Waals surface area contributed by atoms with Crippen LogP contribution in [0.25, 0.3) is 10.8 Å². The van der Waals surface area contributed by atoms with Crippen molar-refractivity contribution in [2.24, 2.45) is 0 Å². The van der Waals surface area contributed by atoms with Crippen LogP contribution in [0, 0.1) is 0 Å². The van der Waals surface area contributed by atoms with E-state index in [0.29, 0.717) is 30.3 Å². The fourth-order valence-corrected chi connectivity index (χ4v) is 4.72. The maximum atomic E-state index is 12.8. The van der Waals surface area contributed by atoms with Crippen molar-refractivity contribution in [1.82, 2.24) is 0 Å². The predicted molar refractivity (Wildman–Crippen MR) is 97.7 cm³/mol. The Morgan fingerprint density at radius 1 is 0.760 bits per heavy atom. The van der Waals surface area contributed by atoms with Crippen LogP contribution < -0.4 is 9.47 Å². The number of rotatable bonds is 4. The van der Waals surface area contributed by atoms with E-state index in [9.17, 15) is 8.42 Å². The number of hydrogen-bond donors (Lipinski definition) is 0. The lowest BCUT2D eigenvalue weighted by atomic mass is 10.1. The molecule has 0 fully saturated rings. The Morgan fingerprint density at radius 3 is 2.36 bits per heavy atom. The third-order valence-electron chi connectivity index (χ3n) is 4.28. The maximum absolute atomic E-state index is 12.8. The third kappa shape index (κ3) is 3.33. The Labute approximate surface area is 146 Å². The number of para-hydroxylation sites is 1. The molecule has 0 aromatic heterocycles. The molecular weight excluding hydrogens is 336 g/mol. The summed E-state index contributed by atoms with van der Waals surface area (Å²) < 4.78 is 36.8. The van der Waals surface area contributed by atoms with E-state index in [-0.39, 0.29) is 11.5 Å². The lowest BCUT2D eigenvalue weighted by Crippen LogP contribution is -2.17. The summed E-state index contributed by atoms with van der Waals surface area (Å²) >= 11 is 0. The van der Waals surface area contributed by atoms with Gasteiger partial charge in [-0.25, -0.2) is 8.42 Å². The summed E-state index contributed by atoms with van der Waals surface area (Å²) in [7, 11) is -3.35. The molecule has 0 saturated carbocycles. The van der Waals surface area contributed by atoms with Crippen LogP contribution in [-0.2, 0) is 21.3 Å². The summed E-state index contributed by atoms with van der Waals surface area (Å²) in [6.07, 6.45) is 0. The molecule has 0 bridgehead atoms. The monoisotopic (exact) mass is 354 g/mol. The molecule has 0 saturated heterocycles. The number of fused-ring (bicyclic) bond motifs is 2. The van der Waals surface area contributed by atoms with E-state index in [4.69, 9.17) is 9.47 Å². The maximum Gasteiger partial charge on any atom is 0.165 e. The van der Waals surface area contributed by atoms with Gasteiger partial charge >= 0.3 is 0 Å². The van der Waals surface area contributed by atoms with Crippen molar-refractivity contribution in [2.45, 2.75) is 11.5 Å². The second-order valence-electron chi connectivity index (χ2n) is 6.11. The van der Waals surface area contributed by atoms with Gasteiger partial charge in [-0.3, -0.25) is 0 Å². The molecule has 5 heteroatoms. The van der Waals surface area contributed by atoms with Gasteiger partial charge in [0.15, 0.2) is 21.3 Å². The summed E-state index contributed by atoms with van der Waals surface area (Å²) in [5.41, 5.74) is 1.47. The first-order valence-electron chi connectivity index (χ1n) is 8.17. The number of benzene rings is 3. The Morgan fingerprint density at radius 2 is 1.44 bits per heavy atom. The quantitative estimate of drug-likeness (QED) is 0.716. The van der Waals surface area contributed by atoms with Crippen LogP contribution >= 0.6 is 0 Å². The molecule has 3 aromatic rings. The second-order valence-corrected chi connectivity index (χ2v) is 8.18. The van der Waals surface area contributed by atoms with E-state index in [2.05, 4.69) is 0 Å². The highest BCUT2D eigenvalue weighted by Gasteiger charge is 2.21. The minimum Gasteiger partial charge on any atom is -0.486 e. The normalized spacial score (nSPS) is 13.8. The van der Waals surface area contributed by atoms with Gasteiger partial charge in [-0.05, 0) is 22.4 Å². The van der Waals surface area contributed by atoms with E-state index < -0.39 is 9.84 Å². The van der Waals surface area contributed by atoms with Crippen molar-refractivity contribution in [3.05, 3.63) is 71.8 Å². The van der Waals surface area contributed by atoms with Crippen LogP contribution in [0.5, 0.6) is 11.5 Å². The van der Waals surface area contributed by atoms with Gasteiger partial charge in [-0.1, -0.05) is 54.6 Å². The zero-order valence-corrected chi connectivity index (χ0v) is 14.5. The average molecular weight is 354 g/mol. The van der Waals surface area contributed by atoms with Crippen LogP contribution in [0.2, 0.25) is 0 Å². The zero-order chi connectivity index (χ0) is 17.3. The summed E-state index contributed by atoms with van der Waals surface area (Å²) in [4.78, 5) is 0. The third-order valence-corrected chi connectivity index (χ3v) is 5.78. The Balaban J connectivity index is 1.65. The van der Waals surface area contributed by atoms with Gasteiger partial charge in [-0.2, -0.15) is 0 Å². The molecule has 4 nitrogen and oxygen atoms in total. The highest BCUT2D eigenvalue weighted by atomic mass is 32.2. The summed E-state index contributed by atoms with van der Waals surface area (Å²) in [5, 5.41) is 2.02. The van der Waals surface area contributed by atoms with Crippen molar-refractivity contribution in [1.29, 1.82) is 0 Å². The van der Waals surface area contributed by atoms with Gasteiger partial charge in [0.05, 0.1) is 11.5 Å². The van der Waals surface area contributed by atoms with Gasteiger partial charge in [0.1, 0.15) is 13.2 Å². The van der Waals surface area contributed by atoms with Crippen molar-refractivity contribution in [3.8, 4) is 11.5 Å². The van der Waals surface area contributed by atoms with Crippen LogP contribution in [0.4, 0.5) is 0 Å². The molecule has 1 aliphatic rings. The van der Waals surface area contributed by atoms with Crippen molar-refractivity contribution in [3.63, 3.8) is 0 Å². The van der Waals surface area contributed by atoms with Crippen LogP contribution in [0.15, 0.2) is 60.7 Å². The minimum absolute atomic E-state index is 0.00111. The van der Waals surface area contributed by atoms with Crippen LogP contribution in [0.1, 0.15) is 11.1 Å². The van der Waals surface area contributed by atoms with E-state index in [1.807, 2.05) is 42.5 Å². The molecule has 0 aliphatic carbocycles. The molecule has 4 rings (SSSR count). The topological polar surface area (TPSA) is 52.6 Å². The smallest absolute Gasteiger partial charge is 0.165 e. The lowest BCUT2D eigenvalue weighted by Gasteiger charge is -2.21. The first kappa shape index (κ1) is 16.0. The molecule has 0 spiro atoms. The van der Waals surface area contributed by atoms with E-state index >= 15 is 0 Å². The van der Waals surface area contributed by atoms with Gasteiger partial charge in [0, 0.05) is 5.56 Å². The van der Waals surface area contributed by atoms with Gasteiger partial charge in [-0.15, -0.1) is 0 Å². The highest BCUT2D eigenvalue weighted by Crippen LogP contribution is 2.35. The Kier molecular flexibility index (Phi) is 4.09. The molecule has 0 unspecified atom stereocenters. The van der Waals surface area contributed by atoms with Crippen LogP contribution in [0.3, 0.4) is 0 Å².